The van der Waals surface area contributed by atoms with Crippen LogP contribution in [0.25, 0.3) is 10.4 Å². The molecule has 1 unspecified atom stereocenters. The van der Waals surface area contributed by atoms with Crippen LogP contribution >= 0.6 is 11.3 Å². The van der Waals surface area contributed by atoms with Crippen molar-refractivity contribution in [2.45, 2.75) is 45.4 Å². The molecular weight excluding hydrogens is 328 g/mol. The maximum Gasteiger partial charge on any atom is 0.136 e. The molecule has 1 aromatic heterocycles. The third-order valence-electron chi connectivity index (χ3n) is 3.55. The van der Waals surface area contributed by atoms with Gasteiger partial charge in [0, 0.05) is 16.9 Å². The fraction of sp³-hybridized carbons (Fsp3) is 0.471. The molecule has 4 nitrogen and oxygen atoms in total. The third-order valence-corrected chi connectivity index (χ3v) is 6.21. The van der Waals surface area contributed by atoms with E-state index in [2.05, 4.69) is 15.8 Å². The topological polar surface area (TPSA) is 57.2 Å². The van der Waals surface area contributed by atoms with Crippen LogP contribution in [0.5, 0.6) is 5.75 Å². The average molecular weight is 353 g/mol. The molecule has 2 atom stereocenters. The molecule has 0 saturated carbocycles. The van der Waals surface area contributed by atoms with Gasteiger partial charge >= 0.3 is 0 Å². The van der Waals surface area contributed by atoms with E-state index >= 15 is 0 Å². The third kappa shape index (κ3) is 4.26. The molecule has 2 aromatic rings. The van der Waals surface area contributed by atoms with Crippen molar-refractivity contribution in [3.8, 4) is 16.2 Å². The fourth-order valence-corrected chi connectivity index (χ4v) is 3.79. The van der Waals surface area contributed by atoms with Crippen LogP contribution in [0.2, 0.25) is 0 Å². The summed E-state index contributed by atoms with van der Waals surface area (Å²) in [6, 6.07) is 6.05. The number of aromatic nitrogens is 1. The normalized spacial score (nSPS) is 14.6. The van der Waals surface area contributed by atoms with Gasteiger partial charge in [0.2, 0.25) is 0 Å². The Kier molecular flexibility index (Phi) is 5.73. The standard InChI is InChI=1S/C17H24N2O2S2/c1-11(19-23(20)17(3,4)5)14-8-7-13(9-15(14)21-6)16-12(2)18-10-22-16/h7-11,19H,1-6H3/t11-,23?/m0/s1. The van der Waals surface area contributed by atoms with E-state index in [-0.39, 0.29) is 10.8 Å². The zero-order chi connectivity index (χ0) is 17.2. The van der Waals surface area contributed by atoms with E-state index in [1.807, 2.05) is 52.3 Å². The highest BCUT2D eigenvalue weighted by Gasteiger charge is 2.29. The summed E-state index contributed by atoms with van der Waals surface area (Å²) in [6.45, 7) is 9.86. The Morgan fingerprint density at radius 1 is 1.35 bits per heavy atom. The summed E-state index contributed by atoms with van der Waals surface area (Å²) < 4.78 is 20.7. The molecule has 0 saturated heterocycles. The number of rotatable bonds is 5. The lowest BCUT2D eigenvalue weighted by molar-refractivity contribution is 0.405. The second kappa shape index (κ2) is 7.21. The highest BCUT2D eigenvalue weighted by Crippen LogP contribution is 2.34. The molecule has 0 spiro atoms. The van der Waals surface area contributed by atoms with Crippen molar-refractivity contribution in [3.05, 3.63) is 35.0 Å². The number of methoxy groups -OCH3 is 1. The number of ether oxygens (including phenoxy) is 1. The second-order valence-corrected chi connectivity index (χ2v) is 9.30. The highest BCUT2D eigenvalue weighted by atomic mass is 32.2. The fourth-order valence-electron chi connectivity index (χ4n) is 2.19. The summed E-state index contributed by atoms with van der Waals surface area (Å²) in [4.78, 5) is 5.44. The van der Waals surface area contributed by atoms with Gasteiger partial charge in [0.15, 0.2) is 0 Å². The zero-order valence-corrected chi connectivity index (χ0v) is 16.1. The Morgan fingerprint density at radius 3 is 2.57 bits per heavy atom. The van der Waals surface area contributed by atoms with Gasteiger partial charge in [0.25, 0.3) is 0 Å². The van der Waals surface area contributed by atoms with E-state index in [4.69, 9.17) is 4.74 Å². The lowest BCUT2D eigenvalue weighted by atomic mass is 10.0. The monoisotopic (exact) mass is 352 g/mol. The minimum Gasteiger partial charge on any atom is -0.598 e. The van der Waals surface area contributed by atoms with E-state index in [1.165, 1.54) is 0 Å². The van der Waals surface area contributed by atoms with Crippen LogP contribution in [0, 0.1) is 6.92 Å². The molecule has 126 valence electrons. The first kappa shape index (κ1) is 18.3. The van der Waals surface area contributed by atoms with Crippen molar-refractivity contribution in [3.63, 3.8) is 0 Å². The predicted molar refractivity (Wildman–Crippen MR) is 98.3 cm³/mol. The lowest BCUT2D eigenvalue weighted by Crippen LogP contribution is -2.40. The quantitative estimate of drug-likeness (QED) is 0.818. The van der Waals surface area contributed by atoms with E-state index in [0.717, 1.165) is 27.4 Å². The average Bonchev–Trinajstić information content (AvgIpc) is 2.91. The smallest absolute Gasteiger partial charge is 0.136 e. The molecule has 0 bridgehead atoms. The number of nitrogens with zero attached hydrogens (tertiary/aromatic N) is 1. The molecule has 6 heteroatoms. The van der Waals surface area contributed by atoms with E-state index in [9.17, 15) is 4.55 Å². The molecule has 2 rings (SSSR count). The molecule has 23 heavy (non-hydrogen) atoms. The number of hydrogen-bond donors (Lipinski definition) is 1. The van der Waals surface area contributed by atoms with Crippen LogP contribution in [0.3, 0.4) is 0 Å². The Morgan fingerprint density at radius 2 is 2.04 bits per heavy atom. The van der Waals surface area contributed by atoms with Crippen molar-refractivity contribution in [2.75, 3.05) is 7.11 Å². The van der Waals surface area contributed by atoms with Crippen LogP contribution in [0.15, 0.2) is 23.7 Å². The largest absolute Gasteiger partial charge is 0.598 e. The predicted octanol–water partition coefficient (Wildman–Crippen LogP) is 4.24. The molecule has 1 N–H and O–H groups in total. The van der Waals surface area contributed by atoms with E-state index in [1.54, 1.807) is 18.4 Å². The molecule has 0 fully saturated rings. The van der Waals surface area contributed by atoms with Gasteiger partial charge in [0.05, 0.1) is 29.2 Å². The van der Waals surface area contributed by atoms with Crippen molar-refractivity contribution in [1.82, 2.24) is 9.71 Å². The summed E-state index contributed by atoms with van der Waals surface area (Å²) in [7, 11) is 1.66. The number of benzene rings is 1. The van der Waals surface area contributed by atoms with Gasteiger partial charge in [-0.05, 0) is 46.2 Å². The minimum atomic E-state index is -1.13. The van der Waals surface area contributed by atoms with Crippen LogP contribution in [-0.2, 0) is 11.4 Å². The summed E-state index contributed by atoms with van der Waals surface area (Å²) in [5.74, 6) is 0.793. The Balaban J connectivity index is 2.28. The Bertz CT molecular complexity index is 665. The number of aryl methyl sites for hydroxylation is 1. The zero-order valence-electron chi connectivity index (χ0n) is 14.5. The van der Waals surface area contributed by atoms with Crippen LogP contribution in [-0.4, -0.2) is 21.4 Å². The SMILES string of the molecule is COc1cc(-c2scnc2C)ccc1[C@H](C)N[S+]([O-])C(C)(C)C. The lowest BCUT2D eigenvalue weighted by Gasteiger charge is -2.27. The number of thiazole rings is 1. The molecule has 0 aliphatic carbocycles. The molecular formula is C17H24N2O2S2. The van der Waals surface area contributed by atoms with Gasteiger partial charge < -0.3 is 9.29 Å². The van der Waals surface area contributed by atoms with Crippen LogP contribution in [0.1, 0.15) is 45.0 Å². The Hall–Kier alpha value is -1.08. The molecule has 0 aliphatic rings. The number of nitrogens with one attached hydrogen (secondary N) is 1. The molecule has 0 amide bonds. The van der Waals surface area contributed by atoms with E-state index < -0.39 is 11.4 Å². The first-order valence-electron chi connectivity index (χ1n) is 7.50. The van der Waals surface area contributed by atoms with Crippen molar-refractivity contribution < 1.29 is 9.29 Å². The number of hydrogen-bond acceptors (Lipinski definition) is 5. The maximum atomic E-state index is 12.3. The van der Waals surface area contributed by atoms with Gasteiger partial charge in [0.1, 0.15) is 10.5 Å². The van der Waals surface area contributed by atoms with Crippen LogP contribution in [0.4, 0.5) is 0 Å². The van der Waals surface area contributed by atoms with Gasteiger partial charge in [-0.2, -0.15) is 0 Å². The molecule has 1 aromatic carbocycles. The van der Waals surface area contributed by atoms with Crippen molar-refractivity contribution >= 4 is 22.7 Å². The summed E-state index contributed by atoms with van der Waals surface area (Å²) >= 11 is 0.489. The van der Waals surface area contributed by atoms with Gasteiger partial charge in [-0.1, -0.05) is 12.1 Å². The molecule has 1 heterocycles. The van der Waals surface area contributed by atoms with Crippen LogP contribution < -0.4 is 9.46 Å². The minimum absolute atomic E-state index is 0.0679. The maximum absolute atomic E-state index is 12.3. The van der Waals surface area contributed by atoms with E-state index in [0.29, 0.717) is 0 Å². The highest BCUT2D eigenvalue weighted by molar-refractivity contribution is 7.90. The summed E-state index contributed by atoms with van der Waals surface area (Å²) in [5, 5.41) is 0. The van der Waals surface area contributed by atoms with Crippen molar-refractivity contribution in [1.29, 1.82) is 0 Å². The first-order chi connectivity index (χ1) is 10.7. The second-order valence-electron chi connectivity index (χ2n) is 6.44. The first-order valence-corrected chi connectivity index (χ1v) is 9.53. The molecule has 0 aliphatic heterocycles. The van der Waals surface area contributed by atoms with Gasteiger partial charge in [-0.15, -0.1) is 16.1 Å². The summed E-state index contributed by atoms with van der Waals surface area (Å²) in [5.41, 5.74) is 4.96. The summed E-state index contributed by atoms with van der Waals surface area (Å²) in [6.07, 6.45) is 0. The van der Waals surface area contributed by atoms with Gasteiger partial charge in [-0.25, -0.2) is 4.98 Å². The molecule has 0 radical (unpaired) electrons. The Labute approximate surface area is 145 Å². The van der Waals surface area contributed by atoms with Gasteiger partial charge in [-0.3, -0.25) is 0 Å². The van der Waals surface area contributed by atoms with Crippen molar-refractivity contribution in [2.24, 2.45) is 0 Å².